The Morgan fingerprint density at radius 3 is 2.71 bits per heavy atom. The smallest absolute Gasteiger partial charge is 0.339 e. The Hall–Kier alpha value is -1.46. The van der Waals surface area contributed by atoms with Crippen LogP contribution < -0.4 is 4.74 Å². The van der Waals surface area contributed by atoms with Crippen LogP contribution in [0, 0.1) is 0 Å². The van der Waals surface area contributed by atoms with Gasteiger partial charge in [0.05, 0.1) is 24.3 Å². The summed E-state index contributed by atoms with van der Waals surface area (Å²) >= 11 is 5.86. The van der Waals surface area contributed by atoms with Gasteiger partial charge in [-0.05, 0) is 19.1 Å². The van der Waals surface area contributed by atoms with E-state index in [0.29, 0.717) is 0 Å². The van der Waals surface area contributed by atoms with Gasteiger partial charge in [0.1, 0.15) is 0 Å². The minimum absolute atomic E-state index is 0.00684. The van der Waals surface area contributed by atoms with Gasteiger partial charge in [-0.2, -0.15) is 0 Å². The van der Waals surface area contributed by atoms with Crippen molar-refractivity contribution in [2.75, 3.05) is 13.7 Å². The number of hydrogen-bond acceptors (Lipinski definition) is 5. The topological polar surface area (TPSA) is 76.0 Å². The van der Waals surface area contributed by atoms with E-state index in [-0.39, 0.29) is 28.7 Å². The molecular formula is C11H13ClO5. The molecule has 0 heterocycles. The van der Waals surface area contributed by atoms with Gasteiger partial charge >= 0.3 is 5.97 Å². The predicted octanol–water partition coefficient (Wildman–Crippen LogP) is 1.65. The van der Waals surface area contributed by atoms with Crippen molar-refractivity contribution in [1.82, 2.24) is 0 Å². The van der Waals surface area contributed by atoms with Crippen LogP contribution in [0.25, 0.3) is 0 Å². The highest BCUT2D eigenvalue weighted by Crippen LogP contribution is 2.39. The number of aliphatic hydroxyl groups excluding tert-OH is 1. The molecule has 0 amide bonds. The van der Waals surface area contributed by atoms with E-state index < -0.39 is 12.1 Å². The van der Waals surface area contributed by atoms with Gasteiger partial charge in [0.25, 0.3) is 0 Å². The summed E-state index contributed by atoms with van der Waals surface area (Å²) in [5, 5.41) is 19.4. The number of carbonyl (C=O) groups excluding carboxylic acids is 1. The molecule has 1 rings (SSSR count). The number of aliphatic hydroxyl groups is 1. The van der Waals surface area contributed by atoms with Gasteiger partial charge in [0.15, 0.2) is 17.6 Å². The molecule has 0 radical (unpaired) electrons. The summed E-state index contributed by atoms with van der Waals surface area (Å²) in [5.41, 5.74) is -0.00684. The van der Waals surface area contributed by atoms with E-state index in [4.69, 9.17) is 16.3 Å². The molecule has 5 nitrogen and oxygen atoms in total. The monoisotopic (exact) mass is 260 g/mol. The van der Waals surface area contributed by atoms with Crippen LogP contribution >= 0.6 is 11.6 Å². The van der Waals surface area contributed by atoms with Crippen LogP contribution in [0.2, 0.25) is 5.02 Å². The first kappa shape index (κ1) is 13.6. The maximum Gasteiger partial charge on any atom is 0.339 e. The number of methoxy groups -OCH3 is 1. The summed E-state index contributed by atoms with van der Waals surface area (Å²) in [6, 6.07) is 2.67. The summed E-state index contributed by atoms with van der Waals surface area (Å²) in [4.78, 5) is 11.4. The number of benzene rings is 1. The minimum atomic E-state index is -1.59. The average Bonchev–Trinajstić information content (AvgIpc) is 2.31. The molecule has 0 aliphatic heterocycles. The highest BCUT2D eigenvalue weighted by Gasteiger charge is 2.27. The summed E-state index contributed by atoms with van der Waals surface area (Å²) in [6.45, 7) is 1.75. The number of halogens is 1. The molecule has 94 valence electrons. The van der Waals surface area contributed by atoms with Crippen molar-refractivity contribution in [3.05, 3.63) is 22.7 Å². The lowest BCUT2D eigenvalue weighted by molar-refractivity contribution is -0.153. The standard InChI is InChI=1S/C11H13ClO5/c1-3-17-11(15)9(14)8-6(12)4-5-7(13)10(8)16-2/h4-5,9,13-14H,3H2,1-2H3. The van der Waals surface area contributed by atoms with Crippen LogP contribution in [-0.4, -0.2) is 29.9 Å². The first-order chi connectivity index (χ1) is 8.02. The first-order valence-corrected chi connectivity index (χ1v) is 5.30. The zero-order valence-electron chi connectivity index (χ0n) is 9.44. The molecule has 17 heavy (non-hydrogen) atoms. The van der Waals surface area contributed by atoms with Crippen LogP contribution in [0.5, 0.6) is 11.5 Å². The lowest BCUT2D eigenvalue weighted by Crippen LogP contribution is -2.16. The molecule has 0 aliphatic carbocycles. The number of carbonyl (C=O) groups is 1. The quantitative estimate of drug-likeness (QED) is 0.805. The van der Waals surface area contributed by atoms with E-state index in [9.17, 15) is 15.0 Å². The van der Waals surface area contributed by atoms with Crippen molar-refractivity contribution in [2.45, 2.75) is 13.0 Å². The Labute approximate surface area is 104 Å². The van der Waals surface area contributed by atoms with Crippen LogP contribution in [-0.2, 0) is 9.53 Å². The molecule has 0 bridgehead atoms. The third kappa shape index (κ3) is 2.81. The van der Waals surface area contributed by atoms with Gasteiger partial charge in [0, 0.05) is 0 Å². The molecule has 0 aromatic heterocycles. The third-order valence-corrected chi connectivity index (χ3v) is 2.44. The van der Waals surface area contributed by atoms with E-state index in [2.05, 4.69) is 4.74 Å². The van der Waals surface area contributed by atoms with Gasteiger partial charge in [-0.3, -0.25) is 0 Å². The van der Waals surface area contributed by atoms with E-state index in [1.54, 1.807) is 6.92 Å². The molecule has 0 saturated heterocycles. The molecule has 2 N–H and O–H groups in total. The molecule has 6 heteroatoms. The van der Waals surface area contributed by atoms with Crippen molar-refractivity contribution >= 4 is 17.6 Å². The fourth-order valence-corrected chi connectivity index (χ4v) is 1.62. The number of aromatic hydroxyl groups is 1. The maximum absolute atomic E-state index is 11.4. The SMILES string of the molecule is CCOC(=O)C(O)c1c(Cl)ccc(O)c1OC. The van der Waals surface area contributed by atoms with Crippen molar-refractivity contribution in [3.8, 4) is 11.5 Å². The summed E-state index contributed by atoms with van der Waals surface area (Å²) < 4.78 is 9.57. The van der Waals surface area contributed by atoms with Crippen molar-refractivity contribution in [2.24, 2.45) is 0 Å². The first-order valence-electron chi connectivity index (χ1n) is 4.93. The molecule has 0 saturated carbocycles. The fourth-order valence-electron chi connectivity index (χ4n) is 1.37. The number of esters is 1. The minimum Gasteiger partial charge on any atom is -0.504 e. The number of ether oxygens (including phenoxy) is 2. The molecular weight excluding hydrogens is 248 g/mol. The van der Waals surface area contributed by atoms with Gasteiger partial charge in [-0.15, -0.1) is 0 Å². The second-order valence-corrected chi connectivity index (χ2v) is 3.58. The summed E-state index contributed by atoms with van der Waals surface area (Å²) in [7, 11) is 1.30. The van der Waals surface area contributed by atoms with E-state index in [1.165, 1.54) is 19.2 Å². The lowest BCUT2D eigenvalue weighted by Gasteiger charge is -2.16. The Morgan fingerprint density at radius 2 is 2.18 bits per heavy atom. The van der Waals surface area contributed by atoms with E-state index >= 15 is 0 Å². The molecule has 1 aromatic rings. The van der Waals surface area contributed by atoms with Gasteiger partial charge in [-0.1, -0.05) is 11.6 Å². The molecule has 0 fully saturated rings. The van der Waals surface area contributed by atoms with Crippen LogP contribution in [0.1, 0.15) is 18.6 Å². The predicted molar refractivity (Wildman–Crippen MR) is 61.3 cm³/mol. The van der Waals surface area contributed by atoms with Gasteiger partial charge in [-0.25, -0.2) is 4.79 Å². The zero-order chi connectivity index (χ0) is 13.0. The molecule has 1 atom stereocenters. The largest absolute Gasteiger partial charge is 0.504 e. The Bertz CT molecular complexity index is 419. The highest BCUT2D eigenvalue weighted by atomic mass is 35.5. The number of phenolic OH excluding ortho intramolecular Hbond substituents is 1. The zero-order valence-corrected chi connectivity index (χ0v) is 10.2. The second-order valence-electron chi connectivity index (χ2n) is 3.17. The molecule has 0 aliphatic rings. The second kappa shape index (κ2) is 5.75. The molecule has 1 unspecified atom stereocenters. The van der Waals surface area contributed by atoms with Crippen LogP contribution in [0.15, 0.2) is 12.1 Å². The normalized spacial score (nSPS) is 12.0. The fraction of sp³-hybridized carbons (Fsp3) is 0.364. The number of hydrogen-bond donors (Lipinski definition) is 2. The van der Waals surface area contributed by atoms with Gasteiger partial charge < -0.3 is 19.7 Å². The lowest BCUT2D eigenvalue weighted by atomic mass is 10.1. The van der Waals surface area contributed by atoms with Crippen LogP contribution in [0.3, 0.4) is 0 Å². The Kier molecular flexibility index (Phi) is 4.60. The third-order valence-electron chi connectivity index (χ3n) is 2.11. The molecule has 0 spiro atoms. The number of rotatable bonds is 4. The summed E-state index contributed by atoms with van der Waals surface area (Å²) in [6.07, 6.45) is -1.59. The number of phenols is 1. The summed E-state index contributed by atoms with van der Waals surface area (Å²) in [5.74, 6) is -1.10. The Balaban J connectivity index is 3.20. The maximum atomic E-state index is 11.4. The van der Waals surface area contributed by atoms with Gasteiger partial charge in [0.2, 0.25) is 0 Å². The average molecular weight is 261 g/mol. The van der Waals surface area contributed by atoms with Crippen molar-refractivity contribution in [1.29, 1.82) is 0 Å². The van der Waals surface area contributed by atoms with Crippen molar-refractivity contribution < 1.29 is 24.5 Å². The highest BCUT2D eigenvalue weighted by molar-refractivity contribution is 6.32. The Morgan fingerprint density at radius 1 is 1.53 bits per heavy atom. The van der Waals surface area contributed by atoms with Crippen LogP contribution in [0.4, 0.5) is 0 Å². The van der Waals surface area contributed by atoms with E-state index in [1.807, 2.05) is 0 Å². The molecule has 1 aromatic carbocycles. The van der Waals surface area contributed by atoms with Crippen molar-refractivity contribution in [3.63, 3.8) is 0 Å². The van der Waals surface area contributed by atoms with E-state index in [0.717, 1.165) is 0 Å².